The van der Waals surface area contributed by atoms with Crippen LogP contribution in [0.3, 0.4) is 0 Å². The van der Waals surface area contributed by atoms with Crippen molar-refractivity contribution < 1.29 is 14.3 Å². The van der Waals surface area contributed by atoms with Crippen molar-refractivity contribution in [1.82, 2.24) is 29.3 Å². The average Bonchev–Trinajstić information content (AvgIpc) is 3.76. The van der Waals surface area contributed by atoms with Gasteiger partial charge in [0, 0.05) is 43.8 Å². The molecule has 0 radical (unpaired) electrons. The summed E-state index contributed by atoms with van der Waals surface area (Å²) in [4.78, 5) is 43.6. The molecular formula is C37H66N8O3. The number of rotatable bonds is 5. The van der Waals surface area contributed by atoms with Gasteiger partial charge in [0.05, 0.1) is 17.6 Å². The van der Waals surface area contributed by atoms with Crippen molar-refractivity contribution >= 4 is 40.9 Å². The van der Waals surface area contributed by atoms with E-state index in [0.717, 1.165) is 35.8 Å². The smallest absolute Gasteiger partial charge is 0.410 e. The van der Waals surface area contributed by atoms with Crippen molar-refractivity contribution in [3.05, 3.63) is 36.3 Å². The maximum atomic E-state index is 12.3. The number of aromatic nitrogens is 4. The highest BCUT2D eigenvalue weighted by molar-refractivity contribution is 5.87. The minimum atomic E-state index is -0.494. The lowest BCUT2D eigenvalue weighted by Crippen LogP contribution is -2.50. The average molecular weight is 671 g/mol. The van der Waals surface area contributed by atoms with Crippen LogP contribution in [-0.4, -0.2) is 94.6 Å². The first-order valence-corrected chi connectivity index (χ1v) is 17.9. The van der Waals surface area contributed by atoms with Crippen molar-refractivity contribution in [2.75, 3.05) is 57.5 Å². The molecule has 4 heterocycles. The summed E-state index contributed by atoms with van der Waals surface area (Å²) in [6.07, 6.45) is 8.67. The van der Waals surface area contributed by atoms with E-state index in [9.17, 15) is 9.59 Å². The largest absolute Gasteiger partial charge is 0.444 e. The van der Waals surface area contributed by atoms with Gasteiger partial charge in [-0.1, -0.05) is 68.2 Å². The molecule has 1 saturated carbocycles. The van der Waals surface area contributed by atoms with Crippen molar-refractivity contribution in [2.24, 2.45) is 0 Å². The molecule has 5 rings (SSSR count). The van der Waals surface area contributed by atoms with Crippen LogP contribution in [0, 0.1) is 0 Å². The number of aldehydes is 1. The number of hydrogen-bond acceptors (Lipinski definition) is 9. The molecule has 3 aromatic rings. The number of fused-ring (bicyclic) bond motifs is 1. The number of pyridine rings is 1. The Kier molecular flexibility index (Phi) is 21.7. The Balaban J connectivity index is 0.00000164. The van der Waals surface area contributed by atoms with Gasteiger partial charge in [-0.15, -0.1) is 0 Å². The lowest BCUT2D eigenvalue weighted by molar-refractivity contribution is 0.0240. The number of carbonyl (C=O) groups excluding carboxylic acids is 2. The summed E-state index contributed by atoms with van der Waals surface area (Å²) in [6.45, 7) is 24.3. The minimum absolute atomic E-state index is 0.267. The van der Waals surface area contributed by atoms with E-state index < -0.39 is 5.60 Å². The molecule has 2 aliphatic rings. The van der Waals surface area contributed by atoms with E-state index in [1.54, 1.807) is 11.1 Å². The SMILES string of the molecule is CC.CC.CC.CC.CC(C)(C)OC(=O)N1CCN(c2ccc(Nc3ncc4cc(C=O)n(C5CCCC5)c4n3)nc2)CC1.CN(C)C. The van der Waals surface area contributed by atoms with Crippen molar-refractivity contribution in [1.29, 1.82) is 0 Å². The van der Waals surface area contributed by atoms with Gasteiger partial charge in [0.2, 0.25) is 5.95 Å². The van der Waals surface area contributed by atoms with E-state index in [-0.39, 0.29) is 6.09 Å². The molecule has 0 bridgehead atoms. The van der Waals surface area contributed by atoms with Crippen LogP contribution in [0.4, 0.5) is 22.2 Å². The van der Waals surface area contributed by atoms with Gasteiger partial charge in [-0.25, -0.2) is 14.8 Å². The van der Waals surface area contributed by atoms with Crippen LogP contribution < -0.4 is 10.2 Å². The second-order valence-corrected chi connectivity index (χ2v) is 11.8. The monoisotopic (exact) mass is 671 g/mol. The molecule has 3 aromatic heterocycles. The molecule has 48 heavy (non-hydrogen) atoms. The third kappa shape index (κ3) is 14.2. The zero-order valence-corrected chi connectivity index (χ0v) is 32.6. The minimum Gasteiger partial charge on any atom is -0.444 e. The van der Waals surface area contributed by atoms with Crippen molar-refractivity contribution in [3.63, 3.8) is 0 Å². The van der Waals surface area contributed by atoms with Gasteiger partial charge in [0.15, 0.2) is 6.29 Å². The predicted molar refractivity (Wildman–Crippen MR) is 203 cm³/mol. The maximum Gasteiger partial charge on any atom is 0.410 e. The lowest BCUT2D eigenvalue weighted by Gasteiger charge is -2.36. The number of amides is 1. The molecule has 0 aromatic carbocycles. The first-order valence-electron chi connectivity index (χ1n) is 17.9. The third-order valence-corrected chi connectivity index (χ3v) is 6.70. The Hall–Kier alpha value is -3.73. The summed E-state index contributed by atoms with van der Waals surface area (Å²) in [5.41, 5.74) is 1.93. The first kappa shape index (κ1) is 44.3. The van der Waals surface area contributed by atoms with Crippen LogP contribution in [-0.2, 0) is 4.74 Å². The Bertz CT molecular complexity index is 1290. The van der Waals surface area contributed by atoms with E-state index in [1.165, 1.54) is 12.8 Å². The van der Waals surface area contributed by atoms with Crippen LogP contribution in [0.25, 0.3) is 11.0 Å². The third-order valence-electron chi connectivity index (χ3n) is 6.70. The Labute approximate surface area is 291 Å². The zero-order chi connectivity index (χ0) is 36.9. The molecule has 2 fully saturated rings. The van der Waals surface area contributed by atoms with E-state index in [2.05, 4.69) is 24.8 Å². The van der Waals surface area contributed by atoms with Gasteiger partial charge in [0.1, 0.15) is 17.1 Å². The first-order chi connectivity index (χ1) is 23.0. The summed E-state index contributed by atoms with van der Waals surface area (Å²) < 4.78 is 7.54. The topological polar surface area (TPSA) is 109 Å². The lowest BCUT2D eigenvalue weighted by atomic mass is 10.2. The highest BCUT2D eigenvalue weighted by Crippen LogP contribution is 2.34. The molecular weight excluding hydrogens is 604 g/mol. The summed E-state index contributed by atoms with van der Waals surface area (Å²) in [7, 11) is 6.00. The van der Waals surface area contributed by atoms with Gasteiger partial charge in [0.25, 0.3) is 0 Å². The van der Waals surface area contributed by atoms with Crippen LogP contribution in [0.5, 0.6) is 0 Å². The molecule has 1 amide bonds. The molecule has 0 atom stereocenters. The maximum absolute atomic E-state index is 12.3. The summed E-state index contributed by atoms with van der Waals surface area (Å²) in [5.74, 6) is 1.09. The number of ether oxygens (including phenoxy) is 1. The van der Waals surface area contributed by atoms with Gasteiger partial charge in [-0.2, -0.15) is 4.98 Å². The van der Waals surface area contributed by atoms with E-state index in [4.69, 9.17) is 9.72 Å². The van der Waals surface area contributed by atoms with Crippen LogP contribution in [0.2, 0.25) is 0 Å². The Morgan fingerprint density at radius 1 is 0.896 bits per heavy atom. The normalized spacial score (nSPS) is 14.0. The highest BCUT2D eigenvalue weighted by atomic mass is 16.6. The molecule has 1 aliphatic heterocycles. The molecule has 0 spiro atoms. The summed E-state index contributed by atoms with van der Waals surface area (Å²) >= 11 is 0. The number of carbonyl (C=O) groups is 2. The molecule has 1 aliphatic carbocycles. The van der Waals surface area contributed by atoms with E-state index >= 15 is 0 Å². The van der Waals surface area contributed by atoms with Crippen molar-refractivity contribution in [2.45, 2.75) is 113 Å². The Morgan fingerprint density at radius 2 is 1.46 bits per heavy atom. The summed E-state index contributed by atoms with van der Waals surface area (Å²) in [5, 5.41) is 4.06. The van der Waals surface area contributed by atoms with Gasteiger partial charge >= 0.3 is 6.09 Å². The van der Waals surface area contributed by atoms with Gasteiger partial charge in [-0.3, -0.25) is 4.79 Å². The molecule has 0 unspecified atom stereocenters. The predicted octanol–water partition coefficient (Wildman–Crippen LogP) is 8.84. The molecule has 11 heteroatoms. The van der Waals surface area contributed by atoms with E-state index in [1.807, 2.05) is 127 Å². The second-order valence-electron chi connectivity index (χ2n) is 11.8. The van der Waals surface area contributed by atoms with Crippen LogP contribution >= 0.6 is 0 Å². The van der Waals surface area contributed by atoms with Crippen LogP contribution in [0.1, 0.15) is 118 Å². The fourth-order valence-electron chi connectivity index (χ4n) is 4.96. The zero-order valence-electron chi connectivity index (χ0n) is 32.6. The number of hydrogen-bond donors (Lipinski definition) is 1. The number of nitrogens with one attached hydrogen (secondary N) is 1. The quantitative estimate of drug-likeness (QED) is 0.266. The standard InChI is InChI=1S/C26H33N7O3.C3H9N.4C2H6/c1-26(2,3)36-25(35)32-12-10-31(11-13-32)20-8-9-22(27-16-20)29-24-28-15-18-14-21(17-34)33(23(18)30-24)19-6-4-5-7-19;1-4(2)3;4*1-2/h8-9,14-17,19H,4-7,10-13H2,1-3H3,(H,27,28,29,30);1-3H3;4*1-2H3. The molecule has 1 saturated heterocycles. The fourth-order valence-corrected chi connectivity index (χ4v) is 4.96. The van der Waals surface area contributed by atoms with Gasteiger partial charge in [-0.05, 0) is 73.0 Å². The number of piperazine rings is 1. The Morgan fingerprint density at radius 3 is 1.94 bits per heavy atom. The molecule has 1 N–H and O–H groups in total. The molecule has 272 valence electrons. The highest BCUT2D eigenvalue weighted by Gasteiger charge is 2.26. The summed E-state index contributed by atoms with van der Waals surface area (Å²) in [6, 6.07) is 6.07. The van der Waals surface area contributed by atoms with Gasteiger partial charge < -0.3 is 29.3 Å². The number of anilines is 3. The van der Waals surface area contributed by atoms with E-state index in [0.29, 0.717) is 49.7 Å². The fraction of sp³-hybridized carbons (Fsp3) is 0.649. The number of nitrogens with zero attached hydrogens (tertiary/aromatic N) is 7. The molecule has 11 nitrogen and oxygen atoms in total. The van der Waals surface area contributed by atoms with Crippen molar-refractivity contribution in [3.8, 4) is 0 Å². The van der Waals surface area contributed by atoms with Crippen LogP contribution in [0.15, 0.2) is 30.6 Å². The second kappa shape index (κ2) is 23.6.